The molecule has 0 spiro atoms. The van der Waals surface area contributed by atoms with Gasteiger partial charge in [0.25, 0.3) is 5.92 Å². The van der Waals surface area contributed by atoms with Gasteiger partial charge in [0, 0.05) is 82.0 Å². The molecule has 0 aliphatic heterocycles. The molecule has 0 radical (unpaired) electrons. The van der Waals surface area contributed by atoms with Gasteiger partial charge in [-0.25, -0.2) is 0 Å². The molecule has 0 aromatic heterocycles. The molecule has 30 heteroatoms. The van der Waals surface area contributed by atoms with Crippen molar-refractivity contribution < 1.29 is 148 Å². The van der Waals surface area contributed by atoms with Crippen molar-refractivity contribution in [2.45, 2.75) is 324 Å². The van der Waals surface area contributed by atoms with E-state index in [2.05, 4.69) is 6.92 Å². The van der Waals surface area contributed by atoms with Crippen molar-refractivity contribution in [3.63, 3.8) is 0 Å². The van der Waals surface area contributed by atoms with Gasteiger partial charge in [0.1, 0.15) is 60.8 Å². The van der Waals surface area contributed by atoms with E-state index in [9.17, 15) is 104 Å². The summed E-state index contributed by atoms with van der Waals surface area (Å²) in [5, 5.41) is 176. The summed E-state index contributed by atoms with van der Waals surface area (Å²) in [6.07, 6.45) is 39.2. The maximum Gasteiger partial charge on any atom is 0.303 e. The molecule has 4 aromatic carbocycles. The lowest BCUT2D eigenvalue weighted by Crippen LogP contribution is -2.25. The third kappa shape index (κ3) is 51.9. The number of carbonyl (C=O) groups excluding carboxylic acids is 1. The number of allylic oxidation sites excluding steroid dienone is 10. The van der Waals surface area contributed by atoms with E-state index in [-0.39, 0.29) is 117 Å². The van der Waals surface area contributed by atoms with Crippen LogP contribution in [-0.2, 0) is 28.8 Å². The predicted octanol–water partition coefficient (Wildman–Crippen LogP) is 16.2. The summed E-state index contributed by atoms with van der Waals surface area (Å²) in [5.41, 5.74) is 1.08. The molecule has 0 bridgehead atoms. The summed E-state index contributed by atoms with van der Waals surface area (Å²) < 4.78 is 50.1. The van der Waals surface area contributed by atoms with Crippen LogP contribution in [0.15, 0.2) is 212 Å². The Morgan fingerprint density at radius 3 is 1.04 bits per heavy atom. The fourth-order valence-electron chi connectivity index (χ4n) is 18.4. The van der Waals surface area contributed by atoms with E-state index in [4.69, 9.17) is 44.5 Å². The van der Waals surface area contributed by atoms with Crippen LogP contribution in [0.5, 0.6) is 23.0 Å². The van der Waals surface area contributed by atoms with Crippen LogP contribution in [0, 0.1) is 66.1 Å². The molecule has 0 heterocycles. The fraction of sp³-hybridized carbons (Fsp3) is 0.586. The van der Waals surface area contributed by atoms with E-state index >= 15 is 0 Å². The van der Waals surface area contributed by atoms with E-state index in [1.165, 1.54) is 25.3 Å². The molecule has 0 saturated heterocycles. The Morgan fingerprint density at radius 2 is 0.667 bits per heavy atom. The number of aliphatic hydroxyl groups is 13. The number of halogens is 2. The molecule has 18 N–H and O–H groups in total. The molecule has 5 aliphatic rings. The molecule has 23 atom stereocenters. The molecule has 5 aliphatic carbocycles. The average molecular weight is 1980 g/mol. The van der Waals surface area contributed by atoms with E-state index in [1.54, 1.807) is 54.6 Å². The number of ketones is 1. The number of aliphatic carboxylic acids is 5. The topological polar surface area (TPSA) is 503 Å². The van der Waals surface area contributed by atoms with E-state index < -0.39 is 128 Å². The maximum absolute atomic E-state index is 14.2. The second-order valence-corrected chi connectivity index (χ2v) is 37.7. The molecule has 5 fully saturated rings. The lowest BCUT2D eigenvalue weighted by atomic mass is 9.86. The van der Waals surface area contributed by atoms with Crippen molar-refractivity contribution in [3.8, 4) is 23.0 Å². The highest BCUT2D eigenvalue weighted by molar-refractivity contribution is 5.78. The molecule has 786 valence electrons. The number of hydrogen-bond donors (Lipinski definition) is 18. The Labute approximate surface area is 830 Å². The fourth-order valence-corrected chi connectivity index (χ4v) is 18.4. The molecular weight excluding hydrogens is 1820 g/mol. The lowest BCUT2D eigenvalue weighted by molar-refractivity contribution is -0.138. The van der Waals surface area contributed by atoms with Crippen LogP contribution in [0.25, 0.3) is 0 Å². The first-order chi connectivity index (χ1) is 67.5. The zero-order chi connectivity index (χ0) is 103. The number of benzene rings is 4. The van der Waals surface area contributed by atoms with Crippen LogP contribution >= 0.6 is 0 Å². The van der Waals surface area contributed by atoms with Crippen LogP contribution in [0.4, 0.5) is 8.78 Å². The zero-order valence-electron chi connectivity index (χ0n) is 82.0. The second-order valence-electron chi connectivity index (χ2n) is 37.7. The smallest absolute Gasteiger partial charge is 0.303 e. The largest absolute Gasteiger partial charge is 0.491 e. The minimum absolute atomic E-state index is 0.0203. The number of alkyl halides is 2. The number of Topliss-reactive ketones (excluding diaryl/α,β-unsaturated/α-hetero) is 1. The number of unbranched alkanes of at least 4 members (excludes halogenated alkanes) is 9. The molecule has 9 rings (SSSR count). The summed E-state index contributed by atoms with van der Waals surface area (Å²) >= 11 is 0. The first kappa shape index (κ1) is 122. The standard InChI is InChI=1S/C23H32O6.C22H28F2O5.C22H32O6.C22H30O6.C22H38O5/c1-16-7-6-8-18(13-16)29-15-17(24)11-12-20-19(21(25)14-22(20)26)9-4-2-3-5-10-23(27)28;23-22(24,15-29-16-8-4-3-5-9-16)13-12-18-17(19(25)14-20(18)26)10-6-1-2-7-11-21(27)28;2*23-16(15-28-17-8-4-3-5-9-17)12-13-19-18(20(24)14-21(19)25)10-6-1-2-7-11-22(26)27;1-2-3-4-5-8-11-17(23)14-15-19-18(20(24)16-21(19)25)12-9-6-7-10-13-22(26)27/h2,4,6-8,11-13,17,19-22,24-26H,3,5,9-10,14-15H2,1H3,(H,27,28);1,3-6,8-9,12-13,17-20,25-26H,2,7,10-11,14-15H2,(H,27,28);1,3-6,8-9,16,18-21,23-25H,2,7,10-15H2,(H,26,27);1,3-6,8-9,12-13,16,18-21,23-25H,2,7,10-11,14-15H2,(H,26,27);6,9,18-21,24-25H,2-5,7-8,10-16H2,1H3,(H,26,27)/b4-2-,12-11+;6-1-,13-12+;6-1-;6-1-,13-12+;9-6-/t17-,19-,20-,21+,22-;17-,18-,19+,20-;2*16-,18-,19-,20+,21-;18?,19-,20+,21-/m11111/s1. The van der Waals surface area contributed by atoms with Gasteiger partial charge < -0.3 is 111 Å². The quantitative estimate of drug-likeness (QED) is 0.0144. The molecule has 0 amide bonds. The minimum atomic E-state index is -3.21. The second kappa shape index (κ2) is 70.1. The van der Waals surface area contributed by atoms with Crippen molar-refractivity contribution in [1.82, 2.24) is 0 Å². The highest BCUT2D eigenvalue weighted by Crippen LogP contribution is 2.43. The van der Waals surface area contributed by atoms with Gasteiger partial charge in [-0.2, -0.15) is 8.78 Å². The Morgan fingerprint density at radius 1 is 0.348 bits per heavy atom. The number of rotatable bonds is 60. The van der Waals surface area contributed by atoms with E-state index in [0.717, 1.165) is 24.5 Å². The van der Waals surface area contributed by atoms with Crippen LogP contribution in [0.3, 0.4) is 0 Å². The zero-order valence-corrected chi connectivity index (χ0v) is 82.0. The highest BCUT2D eigenvalue weighted by Gasteiger charge is 2.45. The minimum Gasteiger partial charge on any atom is -0.491 e. The molecule has 141 heavy (non-hydrogen) atoms. The van der Waals surface area contributed by atoms with Gasteiger partial charge in [0.05, 0.1) is 67.1 Å². The van der Waals surface area contributed by atoms with Gasteiger partial charge in [-0.1, -0.05) is 190 Å². The number of hydrogen-bond acceptors (Lipinski definition) is 23. The summed E-state index contributed by atoms with van der Waals surface area (Å²) in [6, 6.07) is 34.5. The van der Waals surface area contributed by atoms with Crippen LogP contribution in [0.2, 0.25) is 0 Å². The SMILES string of the molecule is CCCCCCCC(=O)CC[C@@H]1C(C/C=C\CCCC(=O)O)[C@@H](O)C[C@H]1O.Cc1cccc(OC[C@H](O)/C=C/[C@@H]2[C@@H](C/C=C\CCCC(=O)O)[C@@H](O)C[C@H]2O)c1.O=C(O)CCC/C=C\C[C@@H]1[C@@H](/C=C/C(F)(F)COc2ccccc2)[C@H](O)C[C@@H]1O.O=C(O)CCC/C=C\C[C@@H]1[C@@H](/C=C/[C@@H](O)COc2ccccc2)[C@H](O)C[C@@H]1O.O=C(O)CCC/C=C\C[C@@H]1[C@@H](CC[C@@H](O)COc2ccccc2)[C@H](O)C[C@@H]1O. The number of carboxylic acids is 5. The van der Waals surface area contributed by atoms with Gasteiger partial charge in [0.2, 0.25) is 0 Å². The average Bonchev–Trinajstić information content (AvgIpc) is 1.71. The third-order valence-electron chi connectivity index (χ3n) is 26.2. The normalized spacial score (nSPS) is 25.6. The predicted molar refractivity (Wildman–Crippen MR) is 534 cm³/mol. The van der Waals surface area contributed by atoms with Gasteiger partial charge in [-0.3, -0.25) is 28.8 Å². The number of aliphatic hydroxyl groups excluding tert-OH is 13. The van der Waals surface area contributed by atoms with Gasteiger partial charge in [-0.15, -0.1) is 0 Å². The van der Waals surface area contributed by atoms with Crippen molar-refractivity contribution in [3.05, 3.63) is 218 Å². The Bertz CT molecular complexity index is 4350. The van der Waals surface area contributed by atoms with E-state index in [0.29, 0.717) is 177 Å². The highest BCUT2D eigenvalue weighted by atomic mass is 19.3. The number of para-hydroxylation sites is 3. The summed E-state index contributed by atoms with van der Waals surface area (Å²) in [6.45, 7) is 3.75. The summed E-state index contributed by atoms with van der Waals surface area (Å²) in [4.78, 5) is 64.6. The molecule has 5 saturated carbocycles. The molecule has 4 aromatic rings. The van der Waals surface area contributed by atoms with Crippen molar-refractivity contribution in [1.29, 1.82) is 0 Å². The van der Waals surface area contributed by atoms with Gasteiger partial charge in [0.15, 0.2) is 6.61 Å². The first-order valence-electron chi connectivity index (χ1n) is 50.4. The van der Waals surface area contributed by atoms with Crippen molar-refractivity contribution in [2.75, 3.05) is 26.4 Å². The maximum atomic E-state index is 14.2. The Kier molecular flexibility index (Phi) is 60.6. The van der Waals surface area contributed by atoms with E-state index in [1.807, 2.05) is 153 Å². The third-order valence-corrected chi connectivity index (χ3v) is 26.2. The van der Waals surface area contributed by atoms with Crippen molar-refractivity contribution in [2.24, 2.45) is 59.2 Å². The number of carboxylic acid groups (broad SMARTS) is 5. The van der Waals surface area contributed by atoms with Crippen LogP contribution < -0.4 is 18.9 Å². The first-order valence-corrected chi connectivity index (χ1v) is 50.4. The monoisotopic (exact) mass is 1980 g/mol. The summed E-state index contributed by atoms with van der Waals surface area (Å²) in [5.74, 6) is -6.44. The lowest BCUT2D eigenvalue weighted by Gasteiger charge is -2.23. The van der Waals surface area contributed by atoms with Crippen LogP contribution in [-0.4, -0.2) is 239 Å². The molecular formula is C111H160F2O28. The number of aryl methyl sites for hydroxylation is 1. The van der Waals surface area contributed by atoms with Crippen LogP contribution in [0.1, 0.15) is 237 Å². The number of ether oxygens (including phenoxy) is 4. The molecule has 1 unspecified atom stereocenters. The van der Waals surface area contributed by atoms with Gasteiger partial charge in [-0.05, 0) is 243 Å². The van der Waals surface area contributed by atoms with Gasteiger partial charge >= 0.3 is 29.8 Å². The van der Waals surface area contributed by atoms with Crippen molar-refractivity contribution >= 4 is 35.6 Å². The summed E-state index contributed by atoms with van der Waals surface area (Å²) in [7, 11) is 0. The molecule has 28 nitrogen and oxygen atoms in total. The Hall–Kier alpha value is -9.64. The number of carbonyl (C=O) groups is 6. The Balaban J connectivity index is 0.000000311.